The molecule has 0 fully saturated rings. The summed E-state index contributed by atoms with van der Waals surface area (Å²) in [5.74, 6) is 0. The summed E-state index contributed by atoms with van der Waals surface area (Å²) in [6, 6.07) is 3.54. The number of aromatic nitrogens is 2. The van der Waals surface area contributed by atoms with E-state index in [-0.39, 0.29) is 5.56 Å². The molecule has 2 heterocycles. The van der Waals surface area contributed by atoms with E-state index >= 15 is 0 Å². The van der Waals surface area contributed by atoms with Crippen LogP contribution in [0.4, 0.5) is 0 Å². The standard InChI is InChI=1S/C8H8N2O/c1-5-4-7(11)10-8-6(5)2-3-9-8/h2-4H,1H3,(H2,9,10,11). The first-order chi connectivity index (χ1) is 5.27. The van der Waals surface area contributed by atoms with Crippen molar-refractivity contribution < 1.29 is 0 Å². The highest BCUT2D eigenvalue weighted by atomic mass is 16.1. The fourth-order valence-electron chi connectivity index (χ4n) is 1.24. The molecule has 2 aromatic heterocycles. The Balaban J connectivity index is 3.02. The highest BCUT2D eigenvalue weighted by Crippen LogP contribution is 2.10. The third-order valence-electron chi connectivity index (χ3n) is 1.77. The summed E-state index contributed by atoms with van der Waals surface area (Å²) in [5, 5.41) is 1.07. The zero-order chi connectivity index (χ0) is 7.84. The van der Waals surface area contributed by atoms with Gasteiger partial charge in [-0.3, -0.25) is 4.79 Å². The molecule has 0 saturated carbocycles. The molecule has 0 radical (unpaired) electrons. The number of fused-ring (bicyclic) bond motifs is 1. The molecule has 0 spiro atoms. The summed E-state index contributed by atoms with van der Waals surface area (Å²) in [6.45, 7) is 1.92. The highest BCUT2D eigenvalue weighted by Gasteiger charge is 1.97. The zero-order valence-corrected chi connectivity index (χ0v) is 6.14. The van der Waals surface area contributed by atoms with Gasteiger partial charge < -0.3 is 9.97 Å². The zero-order valence-electron chi connectivity index (χ0n) is 6.14. The lowest BCUT2D eigenvalue weighted by molar-refractivity contribution is 1.24. The van der Waals surface area contributed by atoms with Crippen molar-refractivity contribution in [3.63, 3.8) is 0 Å². The number of hydrogen-bond acceptors (Lipinski definition) is 1. The molecule has 0 aromatic carbocycles. The largest absolute Gasteiger partial charge is 0.348 e. The molecule has 11 heavy (non-hydrogen) atoms. The normalized spacial score (nSPS) is 10.6. The first-order valence-electron chi connectivity index (χ1n) is 3.44. The first kappa shape index (κ1) is 6.22. The summed E-state index contributed by atoms with van der Waals surface area (Å²) >= 11 is 0. The van der Waals surface area contributed by atoms with E-state index < -0.39 is 0 Å². The molecular formula is C8H8N2O. The molecule has 2 aromatic rings. The van der Waals surface area contributed by atoms with Crippen LogP contribution < -0.4 is 5.56 Å². The van der Waals surface area contributed by atoms with Gasteiger partial charge in [0, 0.05) is 17.6 Å². The maximum Gasteiger partial charge on any atom is 0.249 e. The van der Waals surface area contributed by atoms with Crippen LogP contribution in [0.2, 0.25) is 0 Å². The average molecular weight is 148 g/mol. The monoisotopic (exact) mass is 148 g/mol. The minimum Gasteiger partial charge on any atom is -0.348 e. The van der Waals surface area contributed by atoms with Crippen molar-refractivity contribution in [2.24, 2.45) is 0 Å². The number of H-pyrrole nitrogens is 2. The van der Waals surface area contributed by atoms with Crippen LogP contribution in [0, 0.1) is 6.92 Å². The summed E-state index contributed by atoms with van der Waals surface area (Å²) < 4.78 is 0. The molecule has 2 N–H and O–H groups in total. The van der Waals surface area contributed by atoms with E-state index in [1.165, 1.54) is 0 Å². The van der Waals surface area contributed by atoms with Crippen LogP contribution in [0.3, 0.4) is 0 Å². The smallest absolute Gasteiger partial charge is 0.249 e. The first-order valence-corrected chi connectivity index (χ1v) is 3.44. The van der Waals surface area contributed by atoms with Crippen molar-refractivity contribution in [1.82, 2.24) is 9.97 Å². The second-order valence-electron chi connectivity index (χ2n) is 2.58. The van der Waals surface area contributed by atoms with E-state index in [1.807, 2.05) is 19.2 Å². The molecule has 0 unspecified atom stereocenters. The Morgan fingerprint density at radius 1 is 1.45 bits per heavy atom. The third-order valence-corrected chi connectivity index (χ3v) is 1.77. The van der Waals surface area contributed by atoms with E-state index in [4.69, 9.17) is 0 Å². The van der Waals surface area contributed by atoms with Crippen molar-refractivity contribution in [3.8, 4) is 0 Å². The molecule has 3 heteroatoms. The molecule has 56 valence electrons. The van der Waals surface area contributed by atoms with E-state index in [0.29, 0.717) is 0 Å². The van der Waals surface area contributed by atoms with Gasteiger partial charge in [0.2, 0.25) is 5.56 Å². The van der Waals surface area contributed by atoms with Crippen LogP contribution in [-0.4, -0.2) is 9.97 Å². The maximum absolute atomic E-state index is 10.9. The molecule has 0 atom stereocenters. The van der Waals surface area contributed by atoms with Crippen LogP contribution in [0.1, 0.15) is 5.56 Å². The quantitative estimate of drug-likeness (QED) is 0.578. The lowest BCUT2D eigenvalue weighted by atomic mass is 10.2. The van der Waals surface area contributed by atoms with Crippen molar-refractivity contribution in [2.45, 2.75) is 6.92 Å². The summed E-state index contributed by atoms with van der Waals surface area (Å²) in [5.41, 5.74) is 1.75. The summed E-state index contributed by atoms with van der Waals surface area (Å²) in [4.78, 5) is 16.6. The van der Waals surface area contributed by atoms with Crippen LogP contribution in [0.15, 0.2) is 23.1 Å². The molecule has 2 rings (SSSR count). The number of aryl methyl sites for hydroxylation is 1. The molecule has 3 nitrogen and oxygen atoms in total. The Morgan fingerprint density at radius 2 is 2.27 bits per heavy atom. The van der Waals surface area contributed by atoms with Gasteiger partial charge in [-0.25, -0.2) is 0 Å². The third kappa shape index (κ3) is 0.852. The van der Waals surface area contributed by atoms with Crippen molar-refractivity contribution >= 4 is 11.0 Å². The highest BCUT2D eigenvalue weighted by molar-refractivity contribution is 5.78. The molecule has 0 aliphatic heterocycles. The van der Waals surface area contributed by atoms with E-state index in [2.05, 4.69) is 9.97 Å². The minimum atomic E-state index is -0.0579. The van der Waals surface area contributed by atoms with E-state index in [0.717, 1.165) is 16.6 Å². The number of nitrogens with one attached hydrogen (secondary N) is 2. The Labute approximate surface area is 63.1 Å². The predicted octanol–water partition coefficient (Wildman–Crippen LogP) is 1.16. The minimum absolute atomic E-state index is 0.0579. The number of rotatable bonds is 0. The van der Waals surface area contributed by atoms with E-state index in [1.54, 1.807) is 6.07 Å². The lowest BCUT2D eigenvalue weighted by Gasteiger charge is -1.92. The SMILES string of the molecule is Cc1cc(=O)[nH]c2[nH]ccc12. The molecule has 0 saturated heterocycles. The average Bonchev–Trinajstić information content (AvgIpc) is 2.34. The molecular weight excluding hydrogens is 140 g/mol. The Hall–Kier alpha value is -1.51. The van der Waals surface area contributed by atoms with Crippen molar-refractivity contribution in [2.75, 3.05) is 0 Å². The van der Waals surface area contributed by atoms with Gasteiger partial charge in [-0.1, -0.05) is 0 Å². The van der Waals surface area contributed by atoms with Crippen LogP contribution in [-0.2, 0) is 0 Å². The van der Waals surface area contributed by atoms with Gasteiger partial charge in [-0.05, 0) is 18.6 Å². The van der Waals surface area contributed by atoms with Gasteiger partial charge >= 0.3 is 0 Å². The Kier molecular flexibility index (Phi) is 1.12. The number of aromatic amines is 2. The molecule has 0 bridgehead atoms. The van der Waals surface area contributed by atoms with E-state index in [9.17, 15) is 4.79 Å². The molecule has 0 aliphatic rings. The van der Waals surface area contributed by atoms with Gasteiger partial charge in [-0.15, -0.1) is 0 Å². The van der Waals surface area contributed by atoms with Gasteiger partial charge in [0.15, 0.2) is 0 Å². The number of pyridine rings is 1. The number of hydrogen-bond donors (Lipinski definition) is 2. The van der Waals surface area contributed by atoms with Crippen LogP contribution in [0.5, 0.6) is 0 Å². The van der Waals surface area contributed by atoms with Gasteiger partial charge in [0.25, 0.3) is 0 Å². The van der Waals surface area contributed by atoms with Gasteiger partial charge in [0.05, 0.1) is 0 Å². The summed E-state index contributed by atoms with van der Waals surface area (Å²) in [6.07, 6.45) is 1.81. The van der Waals surface area contributed by atoms with Crippen LogP contribution >= 0.6 is 0 Å². The topological polar surface area (TPSA) is 48.6 Å². The summed E-state index contributed by atoms with van der Waals surface area (Å²) in [7, 11) is 0. The van der Waals surface area contributed by atoms with Gasteiger partial charge in [0.1, 0.15) is 5.65 Å². The van der Waals surface area contributed by atoms with Gasteiger partial charge in [-0.2, -0.15) is 0 Å². The van der Waals surface area contributed by atoms with Crippen molar-refractivity contribution in [3.05, 3.63) is 34.2 Å². The molecule has 0 aliphatic carbocycles. The Bertz CT molecular complexity index is 439. The lowest BCUT2D eigenvalue weighted by Crippen LogP contribution is -2.03. The fourth-order valence-corrected chi connectivity index (χ4v) is 1.24. The van der Waals surface area contributed by atoms with Crippen molar-refractivity contribution in [1.29, 1.82) is 0 Å². The fraction of sp³-hybridized carbons (Fsp3) is 0.125. The van der Waals surface area contributed by atoms with Crippen LogP contribution in [0.25, 0.3) is 11.0 Å². The second kappa shape index (κ2) is 1.99. The Morgan fingerprint density at radius 3 is 3.09 bits per heavy atom. The molecule has 0 amide bonds. The predicted molar refractivity (Wildman–Crippen MR) is 43.7 cm³/mol. The maximum atomic E-state index is 10.9. The second-order valence-corrected chi connectivity index (χ2v) is 2.58.